The van der Waals surface area contributed by atoms with E-state index in [1.807, 2.05) is 31.2 Å². The van der Waals surface area contributed by atoms with Gasteiger partial charge in [0, 0.05) is 15.8 Å². The minimum Gasteiger partial charge on any atom is -0.369 e. The van der Waals surface area contributed by atoms with Crippen molar-refractivity contribution in [2.75, 3.05) is 17.2 Å². The molecule has 6 heteroatoms. The van der Waals surface area contributed by atoms with E-state index in [0.29, 0.717) is 5.82 Å². The number of carbonyl (C=O) groups excluding carboxylic acids is 1. The molecule has 0 saturated carbocycles. The Labute approximate surface area is 125 Å². The molecule has 98 valence electrons. The predicted octanol–water partition coefficient (Wildman–Crippen LogP) is 2.77. The van der Waals surface area contributed by atoms with Gasteiger partial charge in [-0.3, -0.25) is 9.78 Å². The molecule has 5 nitrogen and oxygen atoms in total. The number of hydrogen-bond donors (Lipinski definition) is 2. The molecule has 0 aliphatic carbocycles. The lowest BCUT2D eigenvalue weighted by molar-refractivity contribution is 0.102. The second kappa shape index (κ2) is 6.46. The number of aromatic nitrogens is 2. The maximum Gasteiger partial charge on any atom is 0.275 e. The zero-order valence-electron chi connectivity index (χ0n) is 10.4. The Morgan fingerprint density at radius 3 is 2.68 bits per heavy atom. The molecule has 2 rings (SSSR count). The van der Waals surface area contributed by atoms with Crippen LogP contribution in [0.3, 0.4) is 0 Å². The van der Waals surface area contributed by atoms with Gasteiger partial charge in [-0.2, -0.15) is 0 Å². The summed E-state index contributed by atoms with van der Waals surface area (Å²) in [4.78, 5) is 20.2. The van der Waals surface area contributed by atoms with Crippen molar-refractivity contribution >= 4 is 40.0 Å². The van der Waals surface area contributed by atoms with Crippen LogP contribution in [-0.4, -0.2) is 22.4 Å². The third kappa shape index (κ3) is 3.88. The average molecular weight is 368 g/mol. The maximum atomic E-state index is 12.0. The molecule has 0 fully saturated rings. The van der Waals surface area contributed by atoms with Crippen LogP contribution in [0.4, 0.5) is 11.5 Å². The Hall–Kier alpha value is -1.70. The van der Waals surface area contributed by atoms with Gasteiger partial charge in [0.2, 0.25) is 0 Å². The minimum absolute atomic E-state index is 0.270. The Kier molecular flexibility index (Phi) is 4.67. The van der Waals surface area contributed by atoms with Gasteiger partial charge in [0.25, 0.3) is 5.91 Å². The van der Waals surface area contributed by atoms with Crippen molar-refractivity contribution in [3.63, 3.8) is 0 Å². The van der Waals surface area contributed by atoms with Gasteiger partial charge in [-0.05, 0) is 53.8 Å². The SMILES string of the molecule is CCNc1cncc(C(=O)Nc2ccc(I)cc2)n1. The first-order chi connectivity index (χ1) is 9.19. The molecular weight excluding hydrogens is 355 g/mol. The Balaban J connectivity index is 2.11. The first-order valence-electron chi connectivity index (χ1n) is 5.82. The summed E-state index contributed by atoms with van der Waals surface area (Å²) in [6.07, 6.45) is 3.04. The average Bonchev–Trinajstić information content (AvgIpc) is 2.42. The Morgan fingerprint density at radius 2 is 2.00 bits per heavy atom. The molecule has 2 N–H and O–H groups in total. The van der Waals surface area contributed by atoms with Gasteiger partial charge in [-0.15, -0.1) is 0 Å². The fraction of sp³-hybridized carbons (Fsp3) is 0.154. The second-order valence-corrected chi connectivity index (χ2v) is 5.03. The highest BCUT2D eigenvalue weighted by Gasteiger charge is 2.09. The van der Waals surface area contributed by atoms with Gasteiger partial charge < -0.3 is 10.6 Å². The number of benzene rings is 1. The summed E-state index contributed by atoms with van der Waals surface area (Å²) in [6, 6.07) is 7.55. The smallest absolute Gasteiger partial charge is 0.275 e. The predicted molar refractivity (Wildman–Crippen MR) is 83.3 cm³/mol. The number of anilines is 2. The number of rotatable bonds is 4. The van der Waals surface area contributed by atoms with E-state index in [1.165, 1.54) is 6.20 Å². The van der Waals surface area contributed by atoms with Gasteiger partial charge in [0.05, 0.1) is 12.4 Å². The molecule has 0 bridgehead atoms. The van der Waals surface area contributed by atoms with Crippen LogP contribution in [0.2, 0.25) is 0 Å². The zero-order valence-corrected chi connectivity index (χ0v) is 12.5. The van der Waals surface area contributed by atoms with Crippen LogP contribution in [0.15, 0.2) is 36.7 Å². The van der Waals surface area contributed by atoms with Crippen molar-refractivity contribution < 1.29 is 4.79 Å². The van der Waals surface area contributed by atoms with E-state index in [9.17, 15) is 4.79 Å². The molecule has 0 radical (unpaired) electrons. The van der Waals surface area contributed by atoms with Crippen LogP contribution in [0, 0.1) is 3.57 Å². The van der Waals surface area contributed by atoms with E-state index in [1.54, 1.807) is 6.20 Å². The maximum absolute atomic E-state index is 12.0. The Bertz CT molecular complexity index is 571. The topological polar surface area (TPSA) is 66.9 Å². The van der Waals surface area contributed by atoms with Crippen molar-refractivity contribution in [1.82, 2.24) is 9.97 Å². The van der Waals surface area contributed by atoms with E-state index in [4.69, 9.17) is 0 Å². The van der Waals surface area contributed by atoms with Gasteiger partial charge in [-0.25, -0.2) is 4.98 Å². The van der Waals surface area contributed by atoms with Crippen LogP contribution in [0.25, 0.3) is 0 Å². The van der Waals surface area contributed by atoms with Crippen LogP contribution >= 0.6 is 22.6 Å². The summed E-state index contributed by atoms with van der Waals surface area (Å²) < 4.78 is 1.12. The molecule has 2 aromatic rings. The van der Waals surface area contributed by atoms with Crippen LogP contribution < -0.4 is 10.6 Å². The lowest BCUT2D eigenvalue weighted by Crippen LogP contribution is -2.15. The standard InChI is InChI=1S/C13H13IN4O/c1-2-16-12-8-15-7-11(18-12)13(19)17-10-5-3-9(14)4-6-10/h3-8H,2H2,1H3,(H,16,18)(H,17,19). The quantitative estimate of drug-likeness (QED) is 0.815. The van der Waals surface area contributed by atoms with E-state index in [0.717, 1.165) is 15.8 Å². The van der Waals surface area contributed by atoms with Gasteiger partial charge in [0.1, 0.15) is 11.5 Å². The zero-order chi connectivity index (χ0) is 13.7. The summed E-state index contributed by atoms with van der Waals surface area (Å²) in [5.41, 5.74) is 1.03. The lowest BCUT2D eigenvalue weighted by Gasteiger charge is -2.06. The van der Waals surface area contributed by atoms with Crippen LogP contribution in [-0.2, 0) is 0 Å². The van der Waals surface area contributed by atoms with Crippen LogP contribution in [0.1, 0.15) is 17.4 Å². The molecule has 0 aliphatic rings. The van der Waals surface area contributed by atoms with Crippen LogP contribution in [0.5, 0.6) is 0 Å². The summed E-state index contributed by atoms with van der Waals surface area (Å²) >= 11 is 2.21. The number of halogens is 1. The molecule has 0 saturated heterocycles. The molecule has 0 unspecified atom stereocenters. The molecule has 1 heterocycles. The number of hydrogen-bond acceptors (Lipinski definition) is 4. The summed E-state index contributed by atoms with van der Waals surface area (Å²) in [7, 11) is 0. The molecule has 1 amide bonds. The first-order valence-corrected chi connectivity index (χ1v) is 6.89. The van der Waals surface area contributed by atoms with E-state index in [2.05, 4.69) is 43.2 Å². The van der Waals surface area contributed by atoms with E-state index >= 15 is 0 Å². The molecule has 1 aromatic carbocycles. The minimum atomic E-state index is -0.270. The normalized spacial score (nSPS) is 10.0. The molecular formula is C13H13IN4O. The summed E-state index contributed by atoms with van der Waals surface area (Å²) in [6.45, 7) is 2.69. The Morgan fingerprint density at radius 1 is 1.26 bits per heavy atom. The van der Waals surface area contributed by atoms with Crippen molar-refractivity contribution in [3.8, 4) is 0 Å². The van der Waals surface area contributed by atoms with Gasteiger partial charge in [0.15, 0.2) is 0 Å². The third-order valence-corrected chi connectivity index (χ3v) is 3.05. The summed E-state index contributed by atoms with van der Waals surface area (Å²) in [5, 5.41) is 5.80. The van der Waals surface area contributed by atoms with Crippen molar-refractivity contribution in [2.24, 2.45) is 0 Å². The largest absolute Gasteiger partial charge is 0.369 e. The third-order valence-electron chi connectivity index (χ3n) is 2.33. The fourth-order valence-corrected chi connectivity index (χ4v) is 1.83. The van der Waals surface area contributed by atoms with Crippen molar-refractivity contribution in [2.45, 2.75) is 6.92 Å². The number of amides is 1. The first kappa shape index (κ1) is 13.7. The molecule has 0 spiro atoms. The molecule has 1 aromatic heterocycles. The number of nitrogens with zero attached hydrogens (tertiary/aromatic N) is 2. The highest BCUT2D eigenvalue weighted by Crippen LogP contribution is 2.12. The lowest BCUT2D eigenvalue weighted by atomic mass is 10.3. The monoisotopic (exact) mass is 368 g/mol. The molecule has 0 aliphatic heterocycles. The van der Waals surface area contributed by atoms with Gasteiger partial charge >= 0.3 is 0 Å². The van der Waals surface area contributed by atoms with E-state index in [-0.39, 0.29) is 11.6 Å². The highest BCUT2D eigenvalue weighted by atomic mass is 127. The highest BCUT2D eigenvalue weighted by molar-refractivity contribution is 14.1. The van der Waals surface area contributed by atoms with Crippen molar-refractivity contribution in [1.29, 1.82) is 0 Å². The number of carbonyl (C=O) groups is 1. The van der Waals surface area contributed by atoms with Gasteiger partial charge in [-0.1, -0.05) is 0 Å². The summed E-state index contributed by atoms with van der Waals surface area (Å²) in [5.74, 6) is 0.325. The second-order valence-electron chi connectivity index (χ2n) is 3.78. The fourth-order valence-electron chi connectivity index (χ4n) is 1.47. The number of nitrogens with one attached hydrogen (secondary N) is 2. The van der Waals surface area contributed by atoms with Crippen molar-refractivity contribution in [3.05, 3.63) is 45.9 Å². The molecule has 0 atom stereocenters. The molecule has 19 heavy (non-hydrogen) atoms. The van der Waals surface area contributed by atoms with E-state index < -0.39 is 0 Å².